The van der Waals surface area contributed by atoms with E-state index in [0.29, 0.717) is 0 Å². The van der Waals surface area contributed by atoms with Gasteiger partial charge in [-0.1, -0.05) is 50.5 Å². The summed E-state index contributed by atoms with van der Waals surface area (Å²) in [5.74, 6) is 0.829. The molecule has 1 fully saturated rings. The van der Waals surface area contributed by atoms with Crippen molar-refractivity contribution in [3.63, 3.8) is 0 Å². The summed E-state index contributed by atoms with van der Waals surface area (Å²) in [6, 6.07) is 11.2. The van der Waals surface area contributed by atoms with Crippen molar-refractivity contribution in [1.82, 2.24) is 0 Å². The highest BCUT2D eigenvalue weighted by Crippen LogP contribution is 2.33. The van der Waals surface area contributed by atoms with Crippen molar-refractivity contribution in [2.45, 2.75) is 57.3 Å². The fraction of sp³-hybridized carbons (Fsp3) is 0.562. The Morgan fingerprint density at radius 2 is 1.82 bits per heavy atom. The van der Waals surface area contributed by atoms with Crippen LogP contribution < -0.4 is 0 Å². The van der Waals surface area contributed by atoms with Gasteiger partial charge in [0, 0.05) is 0 Å². The van der Waals surface area contributed by atoms with Crippen LogP contribution in [0.5, 0.6) is 0 Å². The molecule has 0 aromatic heterocycles. The number of rotatable bonds is 3. The Morgan fingerprint density at radius 1 is 1.18 bits per heavy atom. The highest BCUT2D eigenvalue weighted by atomic mass is 14.3. The fourth-order valence-corrected chi connectivity index (χ4v) is 2.84. The van der Waals surface area contributed by atoms with Crippen LogP contribution in [-0.2, 0) is 0 Å². The molecule has 1 unspecified atom stereocenters. The van der Waals surface area contributed by atoms with Gasteiger partial charge in [0.05, 0.1) is 12.0 Å². The first kappa shape index (κ1) is 12.2. The lowest BCUT2D eigenvalue weighted by atomic mass is 9.83. The van der Waals surface area contributed by atoms with E-state index in [4.69, 9.17) is 5.26 Å². The second-order valence-corrected chi connectivity index (χ2v) is 5.09. The van der Waals surface area contributed by atoms with Gasteiger partial charge in [0.1, 0.15) is 0 Å². The zero-order valence-electron chi connectivity index (χ0n) is 10.7. The molecule has 0 bridgehead atoms. The van der Waals surface area contributed by atoms with Crippen molar-refractivity contribution in [3.05, 3.63) is 35.4 Å². The molecule has 17 heavy (non-hydrogen) atoms. The molecule has 1 heteroatoms. The van der Waals surface area contributed by atoms with Crippen LogP contribution >= 0.6 is 0 Å². The number of hydrogen-bond acceptors (Lipinski definition) is 1. The molecule has 0 radical (unpaired) electrons. The summed E-state index contributed by atoms with van der Waals surface area (Å²) in [7, 11) is 0. The molecule has 1 aliphatic carbocycles. The molecular formula is C16H21N. The van der Waals surface area contributed by atoms with Gasteiger partial charge in [-0.2, -0.15) is 5.26 Å². The summed E-state index contributed by atoms with van der Waals surface area (Å²) < 4.78 is 0. The van der Waals surface area contributed by atoms with Gasteiger partial charge < -0.3 is 0 Å². The quantitative estimate of drug-likeness (QED) is 0.731. The summed E-state index contributed by atoms with van der Waals surface area (Å²) in [6.07, 6.45) is 7.74. The minimum absolute atomic E-state index is 0.0652. The van der Waals surface area contributed by atoms with E-state index in [2.05, 4.69) is 37.3 Å². The van der Waals surface area contributed by atoms with Crippen LogP contribution in [0.3, 0.4) is 0 Å². The Balaban J connectivity index is 2.09. The molecule has 0 amide bonds. The third-order valence-electron chi connectivity index (χ3n) is 3.98. The van der Waals surface area contributed by atoms with Gasteiger partial charge in [-0.15, -0.1) is 0 Å². The molecule has 1 atom stereocenters. The van der Waals surface area contributed by atoms with Crippen molar-refractivity contribution >= 4 is 0 Å². The third kappa shape index (κ3) is 2.88. The smallest absolute Gasteiger partial charge is 0.0710 e. The number of nitrogens with zero attached hydrogens (tertiary/aromatic N) is 1. The molecule has 0 heterocycles. The number of hydrogen-bond donors (Lipinski definition) is 0. The molecule has 1 aromatic rings. The molecular weight excluding hydrogens is 206 g/mol. The normalized spacial score (nSPS) is 18.6. The van der Waals surface area contributed by atoms with Gasteiger partial charge in [0.25, 0.3) is 0 Å². The Bertz CT molecular complexity index is 379. The first-order valence-corrected chi connectivity index (χ1v) is 6.84. The van der Waals surface area contributed by atoms with Crippen molar-refractivity contribution < 1.29 is 0 Å². The molecule has 1 nitrogen and oxygen atoms in total. The van der Waals surface area contributed by atoms with Crippen LogP contribution in [0.4, 0.5) is 0 Å². The predicted molar refractivity (Wildman–Crippen MR) is 70.9 cm³/mol. The Kier molecular flexibility index (Phi) is 4.20. The average molecular weight is 227 g/mol. The molecule has 0 spiro atoms. The zero-order valence-corrected chi connectivity index (χ0v) is 10.7. The van der Waals surface area contributed by atoms with Gasteiger partial charge in [0.15, 0.2) is 0 Å². The van der Waals surface area contributed by atoms with Crippen molar-refractivity contribution in [2.24, 2.45) is 0 Å². The van der Waals surface area contributed by atoms with Crippen LogP contribution in [0.25, 0.3) is 0 Å². The van der Waals surface area contributed by atoms with Crippen LogP contribution in [0, 0.1) is 11.3 Å². The SMILES string of the molecule is CCC(C#N)c1ccc(C2CCCCC2)cc1. The van der Waals surface area contributed by atoms with E-state index in [1.807, 2.05) is 0 Å². The highest BCUT2D eigenvalue weighted by Gasteiger charge is 2.16. The van der Waals surface area contributed by atoms with Gasteiger partial charge >= 0.3 is 0 Å². The van der Waals surface area contributed by atoms with Crippen molar-refractivity contribution in [1.29, 1.82) is 5.26 Å². The molecule has 1 aliphatic rings. The van der Waals surface area contributed by atoms with E-state index in [9.17, 15) is 0 Å². The lowest BCUT2D eigenvalue weighted by Crippen LogP contribution is -2.04. The summed E-state index contributed by atoms with van der Waals surface area (Å²) in [4.78, 5) is 0. The molecule has 0 aliphatic heterocycles. The number of nitriles is 1. The van der Waals surface area contributed by atoms with E-state index in [-0.39, 0.29) is 5.92 Å². The fourth-order valence-electron chi connectivity index (χ4n) is 2.84. The van der Waals surface area contributed by atoms with E-state index in [1.54, 1.807) is 0 Å². The summed E-state index contributed by atoms with van der Waals surface area (Å²) >= 11 is 0. The minimum Gasteiger partial charge on any atom is -0.198 e. The lowest BCUT2D eigenvalue weighted by Gasteiger charge is -2.22. The first-order chi connectivity index (χ1) is 8.35. The average Bonchev–Trinajstić information content (AvgIpc) is 2.42. The largest absolute Gasteiger partial charge is 0.198 e. The monoisotopic (exact) mass is 227 g/mol. The second-order valence-electron chi connectivity index (χ2n) is 5.09. The van der Waals surface area contributed by atoms with E-state index in [1.165, 1.54) is 43.2 Å². The molecule has 1 saturated carbocycles. The molecule has 0 saturated heterocycles. The Hall–Kier alpha value is -1.29. The van der Waals surface area contributed by atoms with Gasteiger partial charge in [0.2, 0.25) is 0 Å². The highest BCUT2D eigenvalue weighted by molar-refractivity contribution is 5.30. The summed E-state index contributed by atoms with van der Waals surface area (Å²) in [5, 5.41) is 9.05. The number of benzene rings is 1. The Morgan fingerprint density at radius 3 is 2.35 bits per heavy atom. The van der Waals surface area contributed by atoms with Gasteiger partial charge in [-0.05, 0) is 36.3 Å². The van der Waals surface area contributed by atoms with Crippen LogP contribution in [-0.4, -0.2) is 0 Å². The second kappa shape index (κ2) is 5.87. The predicted octanol–water partition coefficient (Wildman–Crippen LogP) is 4.75. The maximum Gasteiger partial charge on any atom is 0.0710 e. The molecule has 2 rings (SSSR count). The first-order valence-electron chi connectivity index (χ1n) is 6.84. The molecule has 0 N–H and O–H groups in total. The van der Waals surface area contributed by atoms with Crippen molar-refractivity contribution in [2.75, 3.05) is 0 Å². The van der Waals surface area contributed by atoms with E-state index >= 15 is 0 Å². The summed E-state index contributed by atoms with van der Waals surface area (Å²) in [6.45, 7) is 2.07. The molecule has 90 valence electrons. The van der Waals surface area contributed by atoms with Gasteiger partial charge in [-0.25, -0.2) is 0 Å². The third-order valence-corrected chi connectivity index (χ3v) is 3.98. The van der Waals surface area contributed by atoms with Crippen LogP contribution in [0.15, 0.2) is 24.3 Å². The Labute approximate surface area is 104 Å². The maximum absolute atomic E-state index is 9.05. The summed E-state index contributed by atoms with van der Waals surface area (Å²) in [5.41, 5.74) is 2.65. The molecule has 1 aromatic carbocycles. The standard InChI is InChI=1S/C16H21N/c1-2-13(12-17)15-8-10-16(11-9-15)14-6-4-3-5-7-14/h8-11,13-14H,2-7H2,1H3. The van der Waals surface area contributed by atoms with Crippen molar-refractivity contribution in [3.8, 4) is 6.07 Å². The maximum atomic E-state index is 9.05. The van der Waals surface area contributed by atoms with E-state index in [0.717, 1.165) is 12.3 Å². The van der Waals surface area contributed by atoms with Crippen LogP contribution in [0.1, 0.15) is 68.4 Å². The van der Waals surface area contributed by atoms with Gasteiger partial charge in [-0.3, -0.25) is 0 Å². The topological polar surface area (TPSA) is 23.8 Å². The van der Waals surface area contributed by atoms with Crippen LogP contribution in [0.2, 0.25) is 0 Å². The lowest BCUT2D eigenvalue weighted by molar-refractivity contribution is 0.443. The minimum atomic E-state index is 0.0652. The zero-order chi connectivity index (χ0) is 12.1. The van der Waals surface area contributed by atoms with E-state index < -0.39 is 0 Å².